The van der Waals surface area contributed by atoms with Crippen molar-refractivity contribution in [1.29, 1.82) is 0 Å². The first-order valence-electron chi connectivity index (χ1n) is 8.84. The fourth-order valence-electron chi connectivity index (χ4n) is 3.85. The largest absolute Gasteiger partial charge is 0.483 e. The Labute approximate surface area is 138 Å². The number of benzene rings is 1. The molecule has 0 spiro atoms. The molecule has 1 aromatic rings. The number of aliphatic hydroxyl groups is 1. The zero-order valence-corrected chi connectivity index (χ0v) is 14.0. The van der Waals surface area contributed by atoms with E-state index in [0.29, 0.717) is 0 Å². The summed E-state index contributed by atoms with van der Waals surface area (Å²) in [5, 5.41) is 10.1. The smallest absolute Gasteiger partial charge is 0.260 e. The van der Waals surface area contributed by atoms with Crippen LogP contribution in [-0.4, -0.2) is 41.7 Å². The molecule has 1 saturated carbocycles. The molecule has 0 heterocycles. The molecule has 0 bridgehead atoms. The summed E-state index contributed by atoms with van der Waals surface area (Å²) in [6.07, 6.45) is 7.96. The maximum Gasteiger partial charge on any atom is 0.260 e. The molecule has 0 saturated heterocycles. The topological polar surface area (TPSA) is 49.8 Å². The number of aliphatic hydroxyl groups excluding tert-OH is 1. The Morgan fingerprint density at radius 1 is 1.22 bits per heavy atom. The Balaban J connectivity index is 1.60. The second-order valence-corrected chi connectivity index (χ2v) is 6.81. The van der Waals surface area contributed by atoms with E-state index in [-0.39, 0.29) is 18.6 Å². The third-order valence-corrected chi connectivity index (χ3v) is 5.29. The molecular formula is C19H27NO3. The van der Waals surface area contributed by atoms with E-state index in [1.165, 1.54) is 24.0 Å². The molecule has 1 N–H and O–H groups in total. The maximum absolute atomic E-state index is 12.4. The van der Waals surface area contributed by atoms with Gasteiger partial charge >= 0.3 is 0 Å². The highest BCUT2D eigenvalue weighted by atomic mass is 16.5. The molecule has 23 heavy (non-hydrogen) atoms. The number of amides is 1. The Bertz CT molecular complexity index is 558. The van der Waals surface area contributed by atoms with Crippen LogP contribution in [-0.2, 0) is 17.6 Å². The van der Waals surface area contributed by atoms with Crippen molar-refractivity contribution in [3.63, 3.8) is 0 Å². The lowest BCUT2D eigenvalue weighted by molar-refractivity contribution is -0.137. The van der Waals surface area contributed by atoms with Crippen molar-refractivity contribution in [2.45, 2.75) is 63.5 Å². The number of ether oxygens (including phenoxy) is 1. The molecule has 2 aliphatic carbocycles. The van der Waals surface area contributed by atoms with E-state index in [0.717, 1.165) is 44.3 Å². The van der Waals surface area contributed by atoms with Crippen LogP contribution in [0.2, 0.25) is 0 Å². The number of likely N-dealkylation sites (N-methyl/N-ethyl adjacent to an activating group) is 1. The average Bonchev–Trinajstić information content (AvgIpc) is 2.59. The number of carbonyl (C=O) groups excluding carboxylic acids is 1. The van der Waals surface area contributed by atoms with Crippen molar-refractivity contribution < 1.29 is 14.6 Å². The summed E-state index contributed by atoms with van der Waals surface area (Å²) < 4.78 is 5.84. The van der Waals surface area contributed by atoms with Crippen LogP contribution in [0.5, 0.6) is 5.75 Å². The Hall–Kier alpha value is -1.55. The summed E-state index contributed by atoms with van der Waals surface area (Å²) in [6.45, 7) is 0.0518. The standard InChI is InChI=1S/C19H27NO3/c1-20(16-10-4-5-11-17(16)21)19(22)13-23-18-12-6-8-14-7-2-3-9-15(14)18/h6,8,12,16-17,21H,2-5,7,9-11,13H2,1H3/t16-,17-/m0/s1. The van der Waals surface area contributed by atoms with Gasteiger partial charge in [-0.05, 0) is 55.7 Å². The maximum atomic E-state index is 12.4. The average molecular weight is 317 g/mol. The molecule has 0 unspecified atom stereocenters. The van der Waals surface area contributed by atoms with Gasteiger partial charge in [0.25, 0.3) is 5.91 Å². The zero-order valence-electron chi connectivity index (χ0n) is 14.0. The van der Waals surface area contributed by atoms with Gasteiger partial charge in [-0.15, -0.1) is 0 Å². The molecule has 1 amide bonds. The Morgan fingerprint density at radius 2 is 2.00 bits per heavy atom. The number of nitrogens with zero attached hydrogens (tertiary/aromatic N) is 1. The van der Waals surface area contributed by atoms with Crippen LogP contribution >= 0.6 is 0 Å². The van der Waals surface area contributed by atoms with Gasteiger partial charge in [0.05, 0.1) is 12.1 Å². The molecule has 4 heteroatoms. The third kappa shape index (κ3) is 3.69. The lowest BCUT2D eigenvalue weighted by Gasteiger charge is -2.35. The van der Waals surface area contributed by atoms with Crippen LogP contribution in [0.25, 0.3) is 0 Å². The fourth-order valence-corrected chi connectivity index (χ4v) is 3.85. The van der Waals surface area contributed by atoms with Crippen LogP contribution in [0.3, 0.4) is 0 Å². The van der Waals surface area contributed by atoms with E-state index in [9.17, 15) is 9.90 Å². The predicted molar refractivity (Wildman–Crippen MR) is 89.6 cm³/mol. The van der Waals surface area contributed by atoms with Crippen molar-refractivity contribution in [3.8, 4) is 5.75 Å². The predicted octanol–water partition coefficient (Wildman–Crippen LogP) is 2.71. The molecular weight excluding hydrogens is 290 g/mol. The van der Waals surface area contributed by atoms with Gasteiger partial charge in [0.2, 0.25) is 0 Å². The summed E-state index contributed by atoms with van der Waals surface area (Å²) in [6, 6.07) is 6.07. The van der Waals surface area contributed by atoms with E-state index in [2.05, 4.69) is 6.07 Å². The summed E-state index contributed by atoms with van der Waals surface area (Å²) in [4.78, 5) is 14.1. The summed E-state index contributed by atoms with van der Waals surface area (Å²) >= 11 is 0. The van der Waals surface area contributed by atoms with Gasteiger partial charge in [-0.3, -0.25) is 4.79 Å². The van der Waals surface area contributed by atoms with E-state index in [4.69, 9.17) is 4.74 Å². The van der Waals surface area contributed by atoms with Crippen LogP contribution in [0, 0.1) is 0 Å². The van der Waals surface area contributed by atoms with Crippen molar-refractivity contribution in [2.24, 2.45) is 0 Å². The minimum absolute atomic E-state index is 0.0515. The van der Waals surface area contributed by atoms with Crippen molar-refractivity contribution >= 4 is 5.91 Å². The first-order chi connectivity index (χ1) is 11.2. The quantitative estimate of drug-likeness (QED) is 0.929. The summed E-state index contributed by atoms with van der Waals surface area (Å²) in [7, 11) is 1.78. The molecule has 4 nitrogen and oxygen atoms in total. The van der Waals surface area contributed by atoms with E-state index < -0.39 is 6.10 Å². The fraction of sp³-hybridized carbons (Fsp3) is 0.632. The number of rotatable bonds is 4. The Kier molecular flexibility index (Phi) is 5.21. The molecule has 1 aromatic carbocycles. The normalized spacial score (nSPS) is 23.9. The number of hydrogen-bond donors (Lipinski definition) is 1. The van der Waals surface area contributed by atoms with Crippen LogP contribution in [0.15, 0.2) is 18.2 Å². The highest BCUT2D eigenvalue weighted by Crippen LogP contribution is 2.29. The summed E-state index contributed by atoms with van der Waals surface area (Å²) in [5.74, 6) is 0.803. The van der Waals surface area contributed by atoms with Gasteiger partial charge in [-0.25, -0.2) is 0 Å². The monoisotopic (exact) mass is 317 g/mol. The van der Waals surface area contributed by atoms with Gasteiger partial charge in [0.15, 0.2) is 6.61 Å². The minimum Gasteiger partial charge on any atom is -0.483 e. The second-order valence-electron chi connectivity index (χ2n) is 6.81. The zero-order chi connectivity index (χ0) is 16.2. The van der Waals surface area contributed by atoms with Crippen molar-refractivity contribution in [1.82, 2.24) is 4.90 Å². The van der Waals surface area contributed by atoms with Gasteiger partial charge in [0, 0.05) is 7.05 Å². The van der Waals surface area contributed by atoms with Crippen LogP contribution < -0.4 is 4.74 Å². The van der Waals surface area contributed by atoms with Crippen LogP contribution in [0.1, 0.15) is 49.7 Å². The number of aryl methyl sites for hydroxylation is 1. The van der Waals surface area contributed by atoms with Gasteiger partial charge in [-0.2, -0.15) is 0 Å². The van der Waals surface area contributed by atoms with E-state index >= 15 is 0 Å². The molecule has 3 rings (SSSR count). The van der Waals surface area contributed by atoms with Gasteiger partial charge in [-0.1, -0.05) is 25.0 Å². The van der Waals surface area contributed by atoms with Crippen LogP contribution in [0.4, 0.5) is 0 Å². The summed E-state index contributed by atoms with van der Waals surface area (Å²) in [5.41, 5.74) is 2.63. The van der Waals surface area contributed by atoms with E-state index in [1.807, 2.05) is 12.1 Å². The van der Waals surface area contributed by atoms with E-state index in [1.54, 1.807) is 11.9 Å². The molecule has 2 aliphatic rings. The molecule has 0 aromatic heterocycles. The minimum atomic E-state index is -0.401. The second kappa shape index (κ2) is 7.35. The third-order valence-electron chi connectivity index (χ3n) is 5.29. The number of hydrogen-bond acceptors (Lipinski definition) is 3. The van der Waals surface area contributed by atoms with Gasteiger partial charge in [0.1, 0.15) is 5.75 Å². The SMILES string of the molecule is CN(C(=O)COc1cccc2c1CCCC2)[C@H]1CCCC[C@@H]1O. The molecule has 0 radical (unpaired) electrons. The van der Waals surface area contributed by atoms with Gasteiger partial charge < -0.3 is 14.7 Å². The number of carbonyl (C=O) groups is 1. The Morgan fingerprint density at radius 3 is 2.83 bits per heavy atom. The van der Waals surface area contributed by atoms with Crippen molar-refractivity contribution in [3.05, 3.63) is 29.3 Å². The number of fused-ring (bicyclic) bond motifs is 1. The molecule has 1 fully saturated rings. The lowest BCUT2D eigenvalue weighted by Crippen LogP contribution is -2.47. The first kappa shape index (κ1) is 16.3. The van der Waals surface area contributed by atoms with Crippen molar-refractivity contribution in [2.75, 3.05) is 13.7 Å². The molecule has 0 aliphatic heterocycles. The molecule has 126 valence electrons. The lowest BCUT2D eigenvalue weighted by atomic mass is 9.91. The highest BCUT2D eigenvalue weighted by molar-refractivity contribution is 5.78. The first-order valence-corrected chi connectivity index (χ1v) is 8.84. The highest BCUT2D eigenvalue weighted by Gasteiger charge is 2.29. The molecule has 2 atom stereocenters.